The van der Waals surface area contributed by atoms with Crippen LogP contribution in [0.4, 0.5) is 0 Å². The predicted molar refractivity (Wildman–Crippen MR) is 128 cm³/mol. The number of hydrogen-bond donors (Lipinski definition) is 0. The minimum atomic E-state index is -0.241. The van der Waals surface area contributed by atoms with Gasteiger partial charge in [0.1, 0.15) is 11.6 Å². The number of aryl methyl sites for hydroxylation is 1. The summed E-state index contributed by atoms with van der Waals surface area (Å²) >= 11 is 0. The van der Waals surface area contributed by atoms with Gasteiger partial charge in [0.2, 0.25) is 5.91 Å². The van der Waals surface area contributed by atoms with Crippen LogP contribution in [0.25, 0.3) is 6.08 Å². The zero-order chi connectivity index (χ0) is 24.0. The lowest BCUT2D eigenvalue weighted by atomic mass is 10.1. The zero-order valence-corrected chi connectivity index (χ0v) is 20.5. The zero-order valence-electron chi connectivity index (χ0n) is 20.5. The smallest absolute Gasteiger partial charge is 0.264 e. The number of piperazine rings is 1. The lowest BCUT2D eigenvalue weighted by Crippen LogP contribution is -2.52. The molecule has 2 amide bonds. The highest BCUT2D eigenvalue weighted by Crippen LogP contribution is 2.23. The van der Waals surface area contributed by atoms with E-state index in [9.17, 15) is 14.9 Å². The molecule has 1 unspecified atom stereocenters. The van der Waals surface area contributed by atoms with Crippen LogP contribution in [0, 0.1) is 25.2 Å². The molecular weight excluding hydrogens is 418 g/mol. The van der Waals surface area contributed by atoms with Gasteiger partial charge in [0, 0.05) is 57.8 Å². The third kappa shape index (κ3) is 6.04. The minimum Gasteiger partial charge on any atom is -0.383 e. The van der Waals surface area contributed by atoms with Crippen molar-refractivity contribution in [3.05, 3.63) is 28.6 Å². The highest BCUT2D eigenvalue weighted by atomic mass is 16.5. The molecule has 1 aromatic rings. The van der Waals surface area contributed by atoms with Crippen molar-refractivity contribution in [3.63, 3.8) is 0 Å². The number of carbonyl (C=O) groups excluding carboxylic acids is 2. The van der Waals surface area contributed by atoms with Crippen molar-refractivity contribution in [2.45, 2.75) is 46.1 Å². The molecule has 2 aliphatic heterocycles. The number of likely N-dealkylation sites (tertiary alicyclic amines) is 1. The van der Waals surface area contributed by atoms with Crippen LogP contribution in [-0.2, 0) is 14.3 Å². The van der Waals surface area contributed by atoms with Crippen molar-refractivity contribution >= 4 is 17.9 Å². The van der Waals surface area contributed by atoms with E-state index in [0.717, 1.165) is 42.9 Å². The molecule has 8 heteroatoms. The second kappa shape index (κ2) is 11.5. The topological polar surface area (TPSA) is 81.8 Å². The number of methoxy groups -OCH3 is 1. The minimum absolute atomic E-state index is 0.146. The molecular formula is C25H37N5O3. The van der Waals surface area contributed by atoms with E-state index in [4.69, 9.17) is 4.74 Å². The molecule has 2 fully saturated rings. The molecule has 8 nitrogen and oxygen atoms in total. The van der Waals surface area contributed by atoms with Crippen molar-refractivity contribution in [2.24, 2.45) is 0 Å². The molecule has 0 spiro atoms. The van der Waals surface area contributed by atoms with Gasteiger partial charge < -0.3 is 19.1 Å². The molecule has 33 heavy (non-hydrogen) atoms. The number of nitrogens with zero attached hydrogens (tertiary/aromatic N) is 5. The van der Waals surface area contributed by atoms with Crippen molar-refractivity contribution in [2.75, 3.05) is 59.5 Å². The fraction of sp³-hybridized carbons (Fsp3) is 0.640. The van der Waals surface area contributed by atoms with Crippen LogP contribution in [0.3, 0.4) is 0 Å². The summed E-state index contributed by atoms with van der Waals surface area (Å²) in [6, 6.07) is 4.28. The Morgan fingerprint density at radius 3 is 2.36 bits per heavy atom. The van der Waals surface area contributed by atoms with E-state index < -0.39 is 0 Å². The largest absolute Gasteiger partial charge is 0.383 e. The van der Waals surface area contributed by atoms with E-state index >= 15 is 0 Å². The van der Waals surface area contributed by atoms with Crippen molar-refractivity contribution in [1.82, 2.24) is 19.3 Å². The van der Waals surface area contributed by atoms with E-state index in [1.165, 1.54) is 6.42 Å². The van der Waals surface area contributed by atoms with Crippen LogP contribution >= 0.6 is 0 Å². The summed E-state index contributed by atoms with van der Waals surface area (Å²) in [6.45, 7) is 11.2. The van der Waals surface area contributed by atoms with Gasteiger partial charge in [0.25, 0.3) is 5.91 Å². The third-order valence-electron chi connectivity index (χ3n) is 6.75. The summed E-state index contributed by atoms with van der Waals surface area (Å²) in [4.78, 5) is 31.4. The monoisotopic (exact) mass is 455 g/mol. The Hall–Kier alpha value is -2.63. The number of piperidine rings is 1. The number of carbonyl (C=O) groups is 2. The quantitative estimate of drug-likeness (QED) is 0.466. The van der Waals surface area contributed by atoms with Gasteiger partial charge in [0.05, 0.1) is 19.2 Å². The van der Waals surface area contributed by atoms with Crippen molar-refractivity contribution in [3.8, 4) is 6.07 Å². The summed E-state index contributed by atoms with van der Waals surface area (Å²) in [7, 11) is 1.68. The molecule has 0 saturated carbocycles. The molecule has 2 aliphatic rings. The fourth-order valence-electron chi connectivity index (χ4n) is 4.95. The van der Waals surface area contributed by atoms with E-state index in [0.29, 0.717) is 39.3 Å². The molecule has 3 heterocycles. The van der Waals surface area contributed by atoms with Crippen LogP contribution in [0.15, 0.2) is 11.6 Å². The Labute approximate surface area is 197 Å². The first kappa shape index (κ1) is 25.0. The second-order valence-corrected chi connectivity index (χ2v) is 9.18. The molecule has 0 aromatic carbocycles. The SMILES string of the molecule is COCC(C)n1c(C)cc(/C=C(/C#N)C(=O)N2CCN(CC(=O)N3CCCCC3)CC2)c1C. The van der Waals surface area contributed by atoms with Gasteiger partial charge in [-0.05, 0) is 57.7 Å². The average molecular weight is 456 g/mol. The maximum atomic E-state index is 13.1. The van der Waals surface area contributed by atoms with Gasteiger partial charge in [-0.1, -0.05) is 0 Å². The van der Waals surface area contributed by atoms with Gasteiger partial charge >= 0.3 is 0 Å². The lowest BCUT2D eigenvalue weighted by Gasteiger charge is -2.36. The highest BCUT2D eigenvalue weighted by molar-refractivity contribution is 6.01. The first-order valence-electron chi connectivity index (χ1n) is 11.9. The highest BCUT2D eigenvalue weighted by Gasteiger charge is 2.26. The Morgan fingerprint density at radius 2 is 1.76 bits per heavy atom. The predicted octanol–water partition coefficient (Wildman–Crippen LogP) is 2.38. The second-order valence-electron chi connectivity index (χ2n) is 9.18. The van der Waals surface area contributed by atoms with Gasteiger partial charge in [-0.2, -0.15) is 5.26 Å². The number of ether oxygens (including phenoxy) is 1. The number of aromatic nitrogens is 1. The van der Waals surface area contributed by atoms with E-state index in [1.54, 1.807) is 18.1 Å². The molecule has 0 radical (unpaired) electrons. The normalized spacial score (nSPS) is 18.8. The van der Waals surface area contributed by atoms with Gasteiger partial charge in [-0.3, -0.25) is 14.5 Å². The maximum Gasteiger partial charge on any atom is 0.264 e. The Morgan fingerprint density at radius 1 is 1.09 bits per heavy atom. The molecule has 0 aliphatic carbocycles. The molecule has 3 rings (SSSR count). The molecule has 0 N–H and O–H groups in total. The van der Waals surface area contributed by atoms with Crippen molar-refractivity contribution < 1.29 is 14.3 Å². The average Bonchev–Trinajstić information content (AvgIpc) is 3.10. The number of amides is 2. The van der Waals surface area contributed by atoms with E-state index in [2.05, 4.69) is 22.5 Å². The molecule has 2 saturated heterocycles. The van der Waals surface area contributed by atoms with Crippen molar-refractivity contribution in [1.29, 1.82) is 5.26 Å². The Kier molecular flexibility index (Phi) is 8.70. The van der Waals surface area contributed by atoms with Crippen LogP contribution < -0.4 is 0 Å². The Bertz CT molecular complexity index is 915. The van der Waals surface area contributed by atoms with Crippen LogP contribution in [-0.4, -0.2) is 90.6 Å². The third-order valence-corrected chi connectivity index (χ3v) is 6.75. The summed E-state index contributed by atoms with van der Waals surface area (Å²) in [5.41, 5.74) is 3.11. The maximum absolute atomic E-state index is 13.1. The van der Waals surface area contributed by atoms with E-state index in [-0.39, 0.29) is 23.4 Å². The standard InChI is InChI=1S/C25H37N5O3/c1-19-14-22(21(3)30(19)20(2)18-33-4)15-23(16-26)25(32)29-12-10-27(11-13-29)17-24(31)28-8-6-5-7-9-28/h14-15,20H,5-13,17-18H2,1-4H3/b23-15-. The van der Waals surface area contributed by atoms with Gasteiger partial charge in [-0.15, -0.1) is 0 Å². The summed E-state index contributed by atoms with van der Waals surface area (Å²) in [6.07, 6.45) is 5.08. The Balaban J connectivity index is 1.61. The first-order chi connectivity index (χ1) is 15.8. The fourth-order valence-corrected chi connectivity index (χ4v) is 4.95. The summed E-state index contributed by atoms with van der Waals surface area (Å²) < 4.78 is 7.46. The number of nitriles is 1. The van der Waals surface area contributed by atoms with E-state index in [1.807, 2.05) is 24.8 Å². The van der Waals surface area contributed by atoms with Crippen LogP contribution in [0.5, 0.6) is 0 Å². The van der Waals surface area contributed by atoms with Crippen LogP contribution in [0.2, 0.25) is 0 Å². The number of hydrogen-bond acceptors (Lipinski definition) is 5. The molecule has 0 bridgehead atoms. The van der Waals surface area contributed by atoms with Gasteiger partial charge in [0.15, 0.2) is 0 Å². The molecule has 180 valence electrons. The number of rotatable bonds is 7. The molecule has 1 atom stereocenters. The first-order valence-corrected chi connectivity index (χ1v) is 11.9. The van der Waals surface area contributed by atoms with Crippen LogP contribution in [0.1, 0.15) is 49.2 Å². The lowest BCUT2D eigenvalue weighted by molar-refractivity contribution is -0.134. The summed E-state index contributed by atoms with van der Waals surface area (Å²) in [5.74, 6) is -0.0561. The molecule has 1 aromatic heterocycles. The summed E-state index contributed by atoms with van der Waals surface area (Å²) in [5, 5.41) is 9.71. The van der Waals surface area contributed by atoms with Gasteiger partial charge in [-0.25, -0.2) is 0 Å².